The summed E-state index contributed by atoms with van der Waals surface area (Å²) >= 11 is 11.0. The molecule has 0 atom stereocenters. The van der Waals surface area contributed by atoms with Crippen LogP contribution in [0.5, 0.6) is 0 Å². The molecular formula is C20H19Cl2N3O6. The zero-order valence-electron chi connectivity index (χ0n) is 16.3. The third kappa shape index (κ3) is 7.62. The number of imide groups is 1. The van der Waals surface area contributed by atoms with Crippen LogP contribution in [0.1, 0.15) is 54.8 Å². The number of nitrogens with zero attached hydrogens (tertiary/aromatic N) is 2. The van der Waals surface area contributed by atoms with Crippen LogP contribution in [0.2, 0.25) is 0 Å². The molecular weight excluding hydrogens is 449 g/mol. The lowest BCUT2D eigenvalue weighted by atomic mass is 10.2. The number of alkyl halides is 2. The van der Waals surface area contributed by atoms with Crippen LogP contribution in [0.15, 0.2) is 36.4 Å². The number of hydrogen-bond donors (Lipinski definition) is 1. The van der Waals surface area contributed by atoms with Gasteiger partial charge < -0.3 is 9.47 Å². The average molecular weight is 468 g/mol. The lowest BCUT2D eigenvalue weighted by Crippen LogP contribution is -2.32. The molecule has 9 nitrogen and oxygen atoms in total. The molecule has 1 N–H and O–H groups in total. The molecule has 2 aromatic heterocycles. The van der Waals surface area contributed by atoms with E-state index in [1.54, 1.807) is 0 Å². The van der Waals surface area contributed by atoms with Gasteiger partial charge in [-0.2, -0.15) is 0 Å². The molecule has 0 radical (unpaired) electrons. The molecule has 0 aliphatic heterocycles. The number of amides is 2. The van der Waals surface area contributed by atoms with Gasteiger partial charge in [0.1, 0.15) is 22.8 Å². The molecule has 0 unspecified atom stereocenters. The summed E-state index contributed by atoms with van der Waals surface area (Å²) in [5.74, 6) is -2.45. The lowest BCUT2D eigenvalue weighted by Gasteiger charge is -2.07. The van der Waals surface area contributed by atoms with Gasteiger partial charge in [-0.15, -0.1) is 23.2 Å². The molecule has 11 heteroatoms. The molecule has 2 heterocycles. The molecule has 2 aromatic rings. The third-order valence-corrected chi connectivity index (χ3v) is 4.17. The van der Waals surface area contributed by atoms with Gasteiger partial charge in [0.15, 0.2) is 0 Å². The summed E-state index contributed by atoms with van der Waals surface area (Å²) in [5, 5.41) is 2.11. The molecule has 0 aliphatic rings. The summed E-state index contributed by atoms with van der Waals surface area (Å²) in [6, 6.07) is 8.28. The Morgan fingerprint density at radius 2 is 1.10 bits per heavy atom. The Bertz CT molecular complexity index is 879. The van der Waals surface area contributed by atoms with E-state index in [1.807, 2.05) is 0 Å². The predicted octanol–water partition coefficient (Wildman–Crippen LogP) is 2.62. The van der Waals surface area contributed by atoms with Crippen LogP contribution in [-0.4, -0.2) is 58.7 Å². The SMILES string of the molecule is O=C(NC(=O)c1cccc(C(=O)OCCCCl)n1)c1cccc(C(=O)OCCCCl)n1. The minimum absolute atomic E-state index is 0.0884. The van der Waals surface area contributed by atoms with Crippen molar-refractivity contribution in [3.8, 4) is 0 Å². The van der Waals surface area contributed by atoms with Gasteiger partial charge >= 0.3 is 11.9 Å². The Labute approximate surface area is 188 Å². The van der Waals surface area contributed by atoms with Crippen LogP contribution >= 0.6 is 23.2 Å². The normalized spacial score (nSPS) is 10.3. The first-order valence-electron chi connectivity index (χ1n) is 9.22. The van der Waals surface area contributed by atoms with E-state index >= 15 is 0 Å². The van der Waals surface area contributed by atoms with Crippen molar-refractivity contribution in [2.45, 2.75) is 12.8 Å². The maximum atomic E-state index is 12.4. The van der Waals surface area contributed by atoms with Crippen molar-refractivity contribution < 1.29 is 28.7 Å². The van der Waals surface area contributed by atoms with Crippen molar-refractivity contribution in [2.75, 3.05) is 25.0 Å². The maximum Gasteiger partial charge on any atom is 0.356 e. The van der Waals surface area contributed by atoms with Crippen molar-refractivity contribution in [1.29, 1.82) is 0 Å². The van der Waals surface area contributed by atoms with Crippen LogP contribution < -0.4 is 5.32 Å². The fourth-order valence-electron chi connectivity index (χ4n) is 2.17. The van der Waals surface area contributed by atoms with Gasteiger partial charge in [0.2, 0.25) is 0 Å². The van der Waals surface area contributed by atoms with Crippen molar-refractivity contribution in [1.82, 2.24) is 15.3 Å². The second kappa shape index (κ2) is 12.6. The zero-order valence-corrected chi connectivity index (χ0v) is 17.8. The molecule has 0 aliphatic carbocycles. The zero-order chi connectivity index (χ0) is 22.6. The van der Waals surface area contributed by atoms with Crippen molar-refractivity contribution in [2.24, 2.45) is 0 Å². The number of nitrogens with one attached hydrogen (secondary N) is 1. The largest absolute Gasteiger partial charge is 0.461 e. The van der Waals surface area contributed by atoms with Gasteiger partial charge in [-0.3, -0.25) is 14.9 Å². The summed E-state index contributed by atoms with van der Waals surface area (Å²) in [6.07, 6.45) is 0.961. The number of aromatic nitrogens is 2. The summed E-state index contributed by atoms with van der Waals surface area (Å²) in [5.41, 5.74) is -0.516. The summed E-state index contributed by atoms with van der Waals surface area (Å²) in [6.45, 7) is 0.241. The van der Waals surface area contributed by atoms with Gasteiger partial charge in [-0.1, -0.05) is 12.1 Å². The Hall–Kier alpha value is -3.04. The van der Waals surface area contributed by atoms with Gasteiger partial charge in [0.25, 0.3) is 11.8 Å². The Kier molecular flexibility index (Phi) is 9.86. The fourth-order valence-corrected chi connectivity index (χ4v) is 2.39. The molecule has 0 bridgehead atoms. The standard InChI is InChI=1S/C20H19Cl2N3O6/c21-9-3-11-30-19(28)15-7-1-5-13(23-15)17(26)25-18(27)14-6-2-8-16(24-14)20(29)31-12-4-10-22/h1-2,5-8H,3-4,9-12H2,(H,25,26,27). The van der Waals surface area contributed by atoms with Gasteiger partial charge in [0.05, 0.1) is 13.2 Å². The van der Waals surface area contributed by atoms with E-state index in [2.05, 4.69) is 15.3 Å². The van der Waals surface area contributed by atoms with E-state index < -0.39 is 23.8 Å². The highest BCUT2D eigenvalue weighted by molar-refractivity contribution is 6.18. The number of carbonyl (C=O) groups is 4. The van der Waals surface area contributed by atoms with Crippen molar-refractivity contribution in [3.05, 3.63) is 59.2 Å². The van der Waals surface area contributed by atoms with E-state index in [-0.39, 0.29) is 36.0 Å². The van der Waals surface area contributed by atoms with Crippen LogP contribution in [0.3, 0.4) is 0 Å². The first kappa shape index (κ1) is 24.2. The minimum atomic E-state index is -0.850. The highest BCUT2D eigenvalue weighted by Gasteiger charge is 2.18. The molecule has 2 amide bonds. The number of ether oxygens (including phenoxy) is 2. The Morgan fingerprint density at radius 3 is 1.48 bits per heavy atom. The Balaban J connectivity index is 2.03. The molecule has 0 aromatic carbocycles. The van der Waals surface area contributed by atoms with Gasteiger partial charge in [-0.25, -0.2) is 19.6 Å². The van der Waals surface area contributed by atoms with E-state index in [0.717, 1.165) is 0 Å². The van der Waals surface area contributed by atoms with Crippen molar-refractivity contribution in [3.63, 3.8) is 0 Å². The number of carbonyl (C=O) groups excluding carboxylic acids is 4. The van der Waals surface area contributed by atoms with E-state index in [9.17, 15) is 19.2 Å². The first-order chi connectivity index (χ1) is 15.0. The molecule has 164 valence electrons. The smallest absolute Gasteiger partial charge is 0.356 e. The van der Waals surface area contributed by atoms with Gasteiger partial charge in [0, 0.05) is 11.8 Å². The minimum Gasteiger partial charge on any atom is -0.461 e. The second-order valence-electron chi connectivity index (χ2n) is 5.96. The van der Waals surface area contributed by atoms with Crippen LogP contribution in [-0.2, 0) is 9.47 Å². The molecule has 31 heavy (non-hydrogen) atoms. The second-order valence-corrected chi connectivity index (χ2v) is 6.71. The summed E-state index contributed by atoms with van der Waals surface area (Å²) in [4.78, 5) is 56.4. The fraction of sp³-hybridized carbons (Fsp3) is 0.300. The predicted molar refractivity (Wildman–Crippen MR) is 112 cm³/mol. The number of pyridine rings is 2. The number of rotatable bonds is 10. The van der Waals surface area contributed by atoms with E-state index in [1.165, 1.54) is 36.4 Å². The highest BCUT2D eigenvalue weighted by atomic mass is 35.5. The quantitative estimate of drug-likeness (QED) is 0.244. The number of hydrogen-bond acceptors (Lipinski definition) is 8. The van der Waals surface area contributed by atoms with Gasteiger partial charge in [-0.05, 0) is 37.1 Å². The summed E-state index contributed by atoms with van der Waals surface area (Å²) in [7, 11) is 0. The average Bonchev–Trinajstić information content (AvgIpc) is 2.79. The van der Waals surface area contributed by atoms with Crippen LogP contribution in [0.4, 0.5) is 0 Å². The van der Waals surface area contributed by atoms with Crippen molar-refractivity contribution >= 4 is 47.0 Å². The molecule has 0 saturated carbocycles. The number of halogens is 2. The van der Waals surface area contributed by atoms with E-state index in [0.29, 0.717) is 24.6 Å². The molecule has 0 fully saturated rings. The molecule has 2 rings (SSSR count). The van der Waals surface area contributed by atoms with Crippen LogP contribution in [0.25, 0.3) is 0 Å². The molecule has 0 spiro atoms. The topological polar surface area (TPSA) is 125 Å². The Morgan fingerprint density at radius 1 is 0.710 bits per heavy atom. The summed E-state index contributed by atoms with van der Waals surface area (Å²) < 4.78 is 9.96. The maximum absolute atomic E-state index is 12.4. The highest BCUT2D eigenvalue weighted by Crippen LogP contribution is 2.05. The molecule has 0 saturated heterocycles. The van der Waals surface area contributed by atoms with E-state index in [4.69, 9.17) is 32.7 Å². The monoisotopic (exact) mass is 467 g/mol. The number of esters is 2. The van der Waals surface area contributed by atoms with Crippen LogP contribution in [0, 0.1) is 0 Å². The third-order valence-electron chi connectivity index (χ3n) is 3.63. The lowest BCUT2D eigenvalue weighted by molar-refractivity contribution is 0.0490. The first-order valence-corrected chi connectivity index (χ1v) is 10.3.